The predicted molar refractivity (Wildman–Crippen MR) is 107 cm³/mol. The van der Waals surface area contributed by atoms with Crippen LogP contribution in [0.4, 0.5) is 0 Å². The second kappa shape index (κ2) is 8.71. The zero-order valence-electron chi connectivity index (χ0n) is 16.6. The Hall–Kier alpha value is -1.44. The molecule has 0 N–H and O–H groups in total. The largest absolute Gasteiger partial charge is 0.466 e. The zero-order valence-corrected chi connectivity index (χ0v) is 17.5. The Balaban J connectivity index is 1.79. The van der Waals surface area contributed by atoms with Crippen molar-refractivity contribution in [2.24, 2.45) is 11.3 Å². The summed E-state index contributed by atoms with van der Waals surface area (Å²) in [6.07, 6.45) is 1.63. The Morgan fingerprint density at radius 2 is 2.19 bits per heavy atom. The summed E-state index contributed by atoms with van der Waals surface area (Å²) in [6, 6.07) is 1.88. The minimum Gasteiger partial charge on any atom is -0.466 e. The lowest BCUT2D eigenvalue weighted by molar-refractivity contribution is -0.157. The van der Waals surface area contributed by atoms with Gasteiger partial charge in [0.15, 0.2) is 0 Å². The van der Waals surface area contributed by atoms with E-state index in [0.717, 1.165) is 44.6 Å². The molecule has 2 fully saturated rings. The highest BCUT2D eigenvalue weighted by molar-refractivity contribution is 7.08. The highest BCUT2D eigenvalue weighted by Gasteiger charge is 2.54. The molecule has 2 aliphatic rings. The third-order valence-corrected chi connectivity index (χ3v) is 6.54. The van der Waals surface area contributed by atoms with Crippen LogP contribution in [0.3, 0.4) is 0 Å². The van der Waals surface area contributed by atoms with Gasteiger partial charge >= 0.3 is 5.97 Å². The van der Waals surface area contributed by atoms with Crippen LogP contribution >= 0.6 is 11.3 Å². The van der Waals surface area contributed by atoms with E-state index in [2.05, 4.69) is 23.9 Å². The van der Waals surface area contributed by atoms with Gasteiger partial charge in [0.2, 0.25) is 0 Å². The second-order valence-electron chi connectivity index (χ2n) is 7.98. The van der Waals surface area contributed by atoms with Crippen LogP contribution in [0.2, 0.25) is 0 Å². The Kier molecular flexibility index (Phi) is 6.55. The predicted octanol–water partition coefficient (Wildman–Crippen LogP) is 2.03. The smallest absolute Gasteiger partial charge is 0.313 e. The number of likely N-dealkylation sites (tertiary alicyclic amines) is 2. The van der Waals surface area contributed by atoms with Crippen LogP contribution in [-0.2, 0) is 9.53 Å². The summed E-state index contributed by atoms with van der Waals surface area (Å²) in [7, 11) is 4.13. The SMILES string of the molecule is CCOC(=O)[C@]12CCCN(C(=O)c3ccsc3)C[C@H]1CN(CCN(C)C)C2. The number of esters is 1. The lowest BCUT2D eigenvalue weighted by Gasteiger charge is -2.31. The van der Waals surface area contributed by atoms with Crippen LogP contribution in [0.1, 0.15) is 30.1 Å². The maximum Gasteiger partial charge on any atom is 0.313 e. The standard InChI is InChI=1S/C20H31N3O3S/c1-4-26-19(25)20-7-5-8-23(18(24)16-6-11-27-14-16)13-17(20)12-22(15-20)10-9-21(2)3/h6,11,14,17H,4-5,7-10,12-13,15H2,1-3H3/t17-,20+/m1/s1. The number of ether oxygens (including phenoxy) is 1. The summed E-state index contributed by atoms with van der Waals surface area (Å²) in [6.45, 7) is 7.10. The van der Waals surface area contributed by atoms with Gasteiger partial charge in [0.25, 0.3) is 5.91 Å². The van der Waals surface area contributed by atoms with Gasteiger partial charge in [-0.15, -0.1) is 0 Å². The van der Waals surface area contributed by atoms with Gasteiger partial charge in [-0.05, 0) is 45.3 Å². The first-order chi connectivity index (χ1) is 13.0. The minimum absolute atomic E-state index is 0.0767. The Morgan fingerprint density at radius 3 is 2.85 bits per heavy atom. The number of thiophene rings is 1. The molecule has 0 bridgehead atoms. The van der Waals surface area contributed by atoms with Crippen molar-refractivity contribution in [2.75, 3.05) is 60.0 Å². The number of amides is 1. The summed E-state index contributed by atoms with van der Waals surface area (Å²) in [5, 5.41) is 3.84. The van der Waals surface area contributed by atoms with E-state index in [0.29, 0.717) is 19.7 Å². The van der Waals surface area contributed by atoms with E-state index in [9.17, 15) is 9.59 Å². The lowest BCUT2D eigenvalue weighted by atomic mass is 9.75. The van der Waals surface area contributed by atoms with E-state index in [4.69, 9.17) is 4.74 Å². The fraction of sp³-hybridized carbons (Fsp3) is 0.700. The fourth-order valence-corrected chi connectivity index (χ4v) is 5.04. The third kappa shape index (κ3) is 4.36. The van der Waals surface area contributed by atoms with E-state index >= 15 is 0 Å². The number of carbonyl (C=O) groups is 2. The van der Waals surface area contributed by atoms with Crippen LogP contribution in [0.15, 0.2) is 16.8 Å². The van der Waals surface area contributed by atoms with E-state index in [-0.39, 0.29) is 17.8 Å². The highest BCUT2D eigenvalue weighted by atomic mass is 32.1. The third-order valence-electron chi connectivity index (χ3n) is 5.86. The van der Waals surface area contributed by atoms with E-state index in [1.807, 2.05) is 28.7 Å². The molecule has 0 unspecified atom stereocenters. The summed E-state index contributed by atoms with van der Waals surface area (Å²) < 4.78 is 5.51. The minimum atomic E-state index is -0.480. The van der Waals surface area contributed by atoms with Crippen LogP contribution in [0.5, 0.6) is 0 Å². The normalized spacial score (nSPS) is 26.1. The first kappa shape index (κ1) is 20.3. The second-order valence-corrected chi connectivity index (χ2v) is 8.76. The van der Waals surface area contributed by atoms with Crippen molar-refractivity contribution in [1.29, 1.82) is 0 Å². The molecule has 3 heterocycles. The first-order valence-electron chi connectivity index (χ1n) is 9.82. The van der Waals surface area contributed by atoms with Crippen molar-refractivity contribution in [1.82, 2.24) is 14.7 Å². The average Bonchev–Trinajstić information content (AvgIpc) is 3.24. The summed E-state index contributed by atoms with van der Waals surface area (Å²) in [4.78, 5) is 32.4. The molecule has 2 aliphatic heterocycles. The van der Waals surface area contributed by atoms with Gasteiger partial charge in [-0.2, -0.15) is 11.3 Å². The van der Waals surface area contributed by atoms with Gasteiger partial charge in [-0.25, -0.2) is 0 Å². The molecule has 1 amide bonds. The van der Waals surface area contributed by atoms with Crippen molar-refractivity contribution >= 4 is 23.2 Å². The molecule has 27 heavy (non-hydrogen) atoms. The van der Waals surface area contributed by atoms with E-state index < -0.39 is 5.41 Å². The Labute approximate surface area is 166 Å². The number of hydrogen-bond acceptors (Lipinski definition) is 6. The maximum absolute atomic E-state index is 13.0. The molecule has 2 atom stereocenters. The average molecular weight is 394 g/mol. The van der Waals surface area contributed by atoms with Crippen LogP contribution < -0.4 is 0 Å². The van der Waals surface area contributed by atoms with Crippen molar-refractivity contribution < 1.29 is 14.3 Å². The molecule has 2 saturated heterocycles. The molecule has 0 aromatic carbocycles. The van der Waals surface area contributed by atoms with Gasteiger partial charge in [0.1, 0.15) is 0 Å². The summed E-state index contributed by atoms with van der Waals surface area (Å²) in [5.74, 6) is 0.138. The van der Waals surface area contributed by atoms with Crippen LogP contribution in [0, 0.1) is 11.3 Å². The molecule has 0 spiro atoms. The molecule has 0 saturated carbocycles. The fourth-order valence-electron chi connectivity index (χ4n) is 4.41. The molecule has 3 rings (SSSR count). The van der Waals surface area contributed by atoms with Crippen molar-refractivity contribution in [3.8, 4) is 0 Å². The zero-order chi connectivity index (χ0) is 19.4. The molecule has 1 aromatic heterocycles. The highest BCUT2D eigenvalue weighted by Crippen LogP contribution is 2.43. The number of hydrogen-bond donors (Lipinski definition) is 0. The number of nitrogens with zero attached hydrogens (tertiary/aromatic N) is 3. The molecule has 7 heteroatoms. The number of fused-ring (bicyclic) bond motifs is 1. The van der Waals surface area contributed by atoms with Gasteiger partial charge in [0, 0.05) is 50.6 Å². The van der Waals surface area contributed by atoms with Gasteiger partial charge < -0.3 is 19.4 Å². The monoisotopic (exact) mass is 393 g/mol. The molecule has 150 valence electrons. The molecular formula is C20H31N3O3S. The lowest BCUT2D eigenvalue weighted by Crippen LogP contribution is -2.43. The molecule has 1 aromatic rings. The molecule has 0 radical (unpaired) electrons. The number of rotatable bonds is 6. The number of likely N-dealkylation sites (N-methyl/N-ethyl adjacent to an activating group) is 1. The van der Waals surface area contributed by atoms with Crippen LogP contribution in [-0.4, -0.2) is 86.5 Å². The van der Waals surface area contributed by atoms with E-state index in [1.54, 1.807) is 11.3 Å². The first-order valence-corrected chi connectivity index (χ1v) is 10.8. The van der Waals surface area contributed by atoms with Gasteiger partial charge in [-0.3, -0.25) is 9.59 Å². The van der Waals surface area contributed by atoms with Crippen molar-refractivity contribution in [2.45, 2.75) is 19.8 Å². The Morgan fingerprint density at radius 1 is 1.37 bits per heavy atom. The quantitative estimate of drug-likeness (QED) is 0.692. The summed E-state index contributed by atoms with van der Waals surface area (Å²) in [5.41, 5.74) is 0.275. The summed E-state index contributed by atoms with van der Waals surface area (Å²) >= 11 is 1.54. The van der Waals surface area contributed by atoms with Gasteiger partial charge in [0.05, 0.1) is 17.6 Å². The van der Waals surface area contributed by atoms with Crippen molar-refractivity contribution in [3.63, 3.8) is 0 Å². The van der Waals surface area contributed by atoms with E-state index in [1.165, 1.54) is 0 Å². The van der Waals surface area contributed by atoms with Crippen LogP contribution in [0.25, 0.3) is 0 Å². The maximum atomic E-state index is 13.0. The molecular weight excluding hydrogens is 362 g/mol. The van der Waals surface area contributed by atoms with Gasteiger partial charge in [-0.1, -0.05) is 0 Å². The topological polar surface area (TPSA) is 53.1 Å². The Bertz CT molecular complexity index is 649. The molecule has 6 nitrogen and oxygen atoms in total. The molecule has 0 aliphatic carbocycles. The van der Waals surface area contributed by atoms with Crippen molar-refractivity contribution in [3.05, 3.63) is 22.4 Å². The number of carbonyl (C=O) groups excluding carboxylic acids is 2.